The van der Waals surface area contributed by atoms with E-state index in [0.29, 0.717) is 5.56 Å². The van der Waals surface area contributed by atoms with E-state index in [0.717, 1.165) is 4.78 Å². The number of hydrogen-bond donors (Lipinski definition) is 1. The second-order valence-electron chi connectivity index (χ2n) is 1.70. The lowest BCUT2D eigenvalue weighted by molar-refractivity contribution is 0.0699. The van der Waals surface area contributed by atoms with Gasteiger partial charge in [0.1, 0.15) is 0 Å². The highest BCUT2D eigenvalue weighted by Gasteiger charge is 2.05. The lowest BCUT2D eigenvalue weighted by Gasteiger charge is -1.86. The number of thiophene rings is 1. The third kappa shape index (κ3) is 1.13. The fourth-order valence-corrected chi connectivity index (χ4v) is 1.30. The van der Waals surface area contributed by atoms with Crippen LogP contribution in [0.5, 0.6) is 0 Å². The van der Waals surface area contributed by atoms with Crippen LogP contribution in [-0.2, 0) is 0 Å². The molecular formula is C5H5BO2S. The molecule has 0 spiro atoms. The van der Waals surface area contributed by atoms with Crippen LogP contribution in [0.4, 0.5) is 0 Å². The number of hydrogen-bond acceptors (Lipinski definition) is 2. The first-order chi connectivity index (χ1) is 4.22. The van der Waals surface area contributed by atoms with Gasteiger partial charge >= 0.3 is 5.97 Å². The van der Waals surface area contributed by atoms with Crippen LogP contribution in [0.25, 0.3) is 0 Å². The summed E-state index contributed by atoms with van der Waals surface area (Å²) in [5, 5.41) is 10.2. The highest BCUT2D eigenvalue weighted by atomic mass is 32.1. The standard InChI is InChI=1S/C5H5BO2S/c6-4-3(5(7)8)1-2-9-4/h1-2H,6H2,(H,7,8). The predicted octanol–water partition coefficient (Wildman–Crippen LogP) is -0.295. The molecule has 2 nitrogen and oxygen atoms in total. The summed E-state index contributed by atoms with van der Waals surface area (Å²) in [6.07, 6.45) is 0. The van der Waals surface area contributed by atoms with Crippen molar-refractivity contribution in [1.82, 2.24) is 0 Å². The van der Waals surface area contributed by atoms with Crippen molar-refractivity contribution in [2.75, 3.05) is 0 Å². The summed E-state index contributed by atoms with van der Waals surface area (Å²) in [4.78, 5) is 10.3. The van der Waals surface area contributed by atoms with Gasteiger partial charge < -0.3 is 5.11 Å². The molecule has 0 atom stereocenters. The van der Waals surface area contributed by atoms with E-state index in [4.69, 9.17) is 5.11 Å². The molecule has 46 valence electrons. The van der Waals surface area contributed by atoms with Crippen molar-refractivity contribution in [2.45, 2.75) is 0 Å². The van der Waals surface area contributed by atoms with Gasteiger partial charge in [-0.05, 0) is 16.2 Å². The zero-order chi connectivity index (χ0) is 6.85. The van der Waals surface area contributed by atoms with E-state index < -0.39 is 5.97 Å². The first-order valence-electron chi connectivity index (χ1n) is 2.49. The van der Waals surface area contributed by atoms with E-state index >= 15 is 0 Å². The Labute approximate surface area is 57.5 Å². The lowest BCUT2D eigenvalue weighted by atomic mass is 10.0. The maximum absolute atomic E-state index is 10.3. The van der Waals surface area contributed by atoms with Crippen LogP contribution in [-0.4, -0.2) is 18.9 Å². The van der Waals surface area contributed by atoms with Crippen LogP contribution in [0.3, 0.4) is 0 Å². The van der Waals surface area contributed by atoms with Crippen molar-refractivity contribution in [1.29, 1.82) is 0 Å². The van der Waals surface area contributed by atoms with Crippen LogP contribution in [0.1, 0.15) is 10.4 Å². The summed E-state index contributed by atoms with van der Waals surface area (Å²) < 4.78 is 0.863. The largest absolute Gasteiger partial charge is 0.478 e. The van der Waals surface area contributed by atoms with E-state index in [1.807, 2.05) is 0 Å². The number of carboxylic acid groups (broad SMARTS) is 1. The molecule has 0 aliphatic rings. The lowest BCUT2D eigenvalue weighted by Crippen LogP contribution is -2.08. The number of carbonyl (C=O) groups is 1. The fraction of sp³-hybridized carbons (Fsp3) is 0. The molecule has 0 aliphatic heterocycles. The molecule has 0 fully saturated rings. The van der Waals surface area contributed by atoms with Gasteiger partial charge in [-0.15, -0.1) is 0 Å². The van der Waals surface area contributed by atoms with Gasteiger partial charge in [0.2, 0.25) is 0 Å². The highest BCUT2D eigenvalue weighted by Crippen LogP contribution is 2.00. The van der Waals surface area contributed by atoms with Gasteiger partial charge in [-0.3, -0.25) is 0 Å². The van der Waals surface area contributed by atoms with Crippen LogP contribution in [0.15, 0.2) is 11.4 Å². The first kappa shape index (κ1) is 6.36. The van der Waals surface area contributed by atoms with Gasteiger partial charge in [0.15, 0.2) is 7.85 Å². The molecule has 0 saturated carbocycles. The summed E-state index contributed by atoms with van der Waals surface area (Å²) in [7, 11) is 1.80. The van der Waals surface area contributed by atoms with Crippen LogP contribution in [0.2, 0.25) is 0 Å². The summed E-state index contributed by atoms with van der Waals surface area (Å²) in [5.41, 5.74) is 0.417. The van der Waals surface area contributed by atoms with E-state index in [1.165, 1.54) is 11.3 Å². The van der Waals surface area contributed by atoms with E-state index in [9.17, 15) is 4.79 Å². The van der Waals surface area contributed by atoms with E-state index in [2.05, 4.69) is 0 Å². The quantitative estimate of drug-likeness (QED) is 0.544. The second-order valence-corrected chi connectivity index (χ2v) is 2.82. The summed E-state index contributed by atoms with van der Waals surface area (Å²) in [5.74, 6) is -0.839. The topological polar surface area (TPSA) is 37.3 Å². The molecule has 0 aliphatic carbocycles. The number of rotatable bonds is 1. The van der Waals surface area contributed by atoms with Crippen molar-refractivity contribution in [3.05, 3.63) is 17.0 Å². The van der Waals surface area contributed by atoms with Gasteiger partial charge in [0, 0.05) is 0 Å². The minimum atomic E-state index is -0.839. The second kappa shape index (κ2) is 2.23. The first-order valence-corrected chi connectivity index (χ1v) is 3.37. The van der Waals surface area contributed by atoms with E-state index in [-0.39, 0.29) is 0 Å². The van der Waals surface area contributed by atoms with Gasteiger partial charge in [0.05, 0.1) is 5.56 Å². The normalized spacial score (nSPS) is 9.33. The number of aromatic carboxylic acids is 1. The Morgan fingerprint density at radius 2 is 2.44 bits per heavy atom. The molecule has 1 aromatic heterocycles. The SMILES string of the molecule is Bc1sccc1C(=O)O. The van der Waals surface area contributed by atoms with Gasteiger partial charge in [-0.2, -0.15) is 11.3 Å². The van der Waals surface area contributed by atoms with Crippen LogP contribution >= 0.6 is 11.3 Å². The van der Waals surface area contributed by atoms with Crippen molar-refractivity contribution in [3.63, 3.8) is 0 Å². The average molecular weight is 140 g/mol. The van der Waals surface area contributed by atoms with Gasteiger partial charge in [0.25, 0.3) is 0 Å². The molecule has 1 heterocycles. The monoisotopic (exact) mass is 140 g/mol. The van der Waals surface area contributed by atoms with Crippen molar-refractivity contribution in [2.24, 2.45) is 0 Å². The molecule has 0 amide bonds. The highest BCUT2D eigenvalue weighted by molar-refractivity contribution is 7.18. The third-order valence-electron chi connectivity index (χ3n) is 1.09. The molecule has 1 N–H and O–H groups in total. The molecule has 1 aromatic rings. The van der Waals surface area contributed by atoms with Crippen molar-refractivity contribution < 1.29 is 9.90 Å². The maximum Gasteiger partial charge on any atom is 0.335 e. The summed E-state index contributed by atoms with van der Waals surface area (Å²) in [6, 6.07) is 1.61. The number of carboxylic acids is 1. The Morgan fingerprint density at radius 1 is 1.78 bits per heavy atom. The zero-order valence-corrected chi connectivity index (χ0v) is 5.73. The zero-order valence-electron chi connectivity index (χ0n) is 4.92. The molecule has 0 unspecified atom stereocenters. The Morgan fingerprint density at radius 3 is 2.67 bits per heavy atom. The van der Waals surface area contributed by atoms with Crippen molar-refractivity contribution in [3.8, 4) is 0 Å². The molecular weight excluding hydrogens is 135 g/mol. The Hall–Kier alpha value is -0.765. The van der Waals surface area contributed by atoms with Gasteiger partial charge in [-0.25, -0.2) is 4.79 Å². The van der Waals surface area contributed by atoms with Gasteiger partial charge in [-0.1, -0.05) is 0 Å². The molecule has 9 heavy (non-hydrogen) atoms. The average Bonchev–Trinajstić information content (AvgIpc) is 2.13. The molecule has 4 heteroatoms. The Kier molecular flexibility index (Phi) is 1.57. The Bertz CT molecular complexity index is 231. The summed E-state index contributed by atoms with van der Waals surface area (Å²) in [6.45, 7) is 0. The molecule has 1 rings (SSSR count). The fourth-order valence-electron chi connectivity index (χ4n) is 0.607. The van der Waals surface area contributed by atoms with E-state index in [1.54, 1.807) is 19.3 Å². The smallest absolute Gasteiger partial charge is 0.335 e. The maximum atomic E-state index is 10.3. The minimum absolute atomic E-state index is 0.417. The predicted molar refractivity (Wildman–Crippen MR) is 39.5 cm³/mol. The molecule has 0 saturated heterocycles. The Balaban J connectivity index is 3.08. The summed E-state index contributed by atoms with van der Waals surface area (Å²) >= 11 is 1.45. The third-order valence-corrected chi connectivity index (χ3v) is 1.93. The molecule has 0 aromatic carbocycles. The van der Waals surface area contributed by atoms with Crippen LogP contribution in [0, 0.1) is 0 Å². The van der Waals surface area contributed by atoms with Crippen molar-refractivity contribution >= 4 is 29.9 Å². The van der Waals surface area contributed by atoms with Crippen LogP contribution < -0.4 is 4.78 Å². The minimum Gasteiger partial charge on any atom is -0.478 e. The molecule has 0 radical (unpaired) electrons. The molecule has 0 bridgehead atoms.